The molecule has 0 aliphatic carbocycles. The highest BCUT2D eigenvalue weighted by Crippen LogP contribution is 2.17. The summed E-state index contributed by atoms with van der Waals surface area (Å²) in [5.41, 5.74) is 0. The van der Waals surface area contributed by atoms with Crippen molar-refractivity contribution in [2.75, 3.05) is 19.8 Å². The van der Waals surface area contributed by atoms with Crippen molar-refractivity contribution in [3.63, 3.8) is 0 Å². The first-order chi connectivity index (χ1) is 14.9. The van der Waals surface area contributed by atoms with Gasteiger partial charge in [0.1, 0.15) is 30.9 Å². The largest absolute Gasteiger partial charge is 0.509 e. The van der Waals surface area contributed by atoms with Gasteiger partial charge in [0.05, 0.1) is 6.61 Å². The van der Waals surface area contributed by atoms with Crippen LogP contribution in [0, 0.1) is 17.7 Å². The van der Waals surface area contributed by atoms with Gasteiger partial charge in [0.2, 0.25) is 0 Å². The average molecular weight is 432 g/mol. The molecule has 2 rings (SSSR count). The molecule has 1 fully saturated rings. The number of halogens is 1. The third-order valence-electron chi connectivity index (χ3n) is 3.66. The third kappa shape index (κ3) is 9.62. The lowest BCUT2D eigenvalue weighted by Gasteiger charge is -2.11. The highest BCUT2D eigenvalue weighted by molar-refractivity contribution is 5.68. The molecule has 9 heteroatoms. The monoisotopic (exact) mass is 432 g/mol. The minimum absolute atomic E-state index is 0.00190. The first kappa shape index (κ1) is 23.7. The number of carbonyl (C=O) groups excluding carboxylic acids is 1. The number of benzene rings is 1. The number of cyclic esters (lactones) is 2. The Bertz CT molecular complexity index is 879. The lowest BCUT2D eigenvalue weighted by molar-refractivity contribution is -0.143. The normalized spacial score (nSPS) is 19.2. The van der Waals surface area contributed by atoms with Crippen molar-refractivity contribution in [1.82, 2.24) is 0 Å². The molecular weight excluding hydrogens is 411 g/mol. The van der Waals surface area contributed by atoms with Gasteiger partial charge in [-0.3, -0.25) is 0 Å². The van der Waals surface area contributed by atoms with Gasteiger partial charge < -0.3 is 29.2 Å². The average Bonchev–Trinajstić information content (AvgIpc) is 3.08. The lowest BCUT2D eigenvalue weighted by Crippen LogP contribution is -2.27. The number of carbonyl (C=O) groups is 2. The van der Waals surface area contributed by atoms with E-state index >= 15 is 0 Å². The molecule has 8 nitrogen and oxygen atoms in total. The van der Waals surface area contributed by atoms with Gasteiger partial charge in [0, 0.05) is 0 Å². The molecule has 0 spiro atoms. The Labute approximate surface area is 178 Å². The molecule has 0 aromatic heterocycles. The van der Waals surface area contributed by atoms with Crippen molar-refractivity contribution in [3.8, 4) is 17.6 Å². The van der Waals surface area contributed by atoms with Crippen LogP contribution in [0.15, 0.2) is 60.7 Å². The number of hydrogen-bond acceptors (Lipinski definition) is 7. The molecule has 2 unspecified atom stereocenters. The second kappa shape index (κ2) is 12.8. The highest BCUT2D eigenvalue weighted by Gasteiger charge is 2.34. The summed E-state index contributed by atoms with van der Waals surface area (Å²) in [6, 6.07) is 5.46. The van der Waals surface area contributed by atoms with Crippen molar-refractivity contribution in [2.45, 2.75) is 18.3 Å². The smallest absolute Gasteiger partial charge is 0.491 e. The van der Waals surface area contributed by atoms with Crippen LogP contribution < -0.4 is 4.74 Å². The zero-order chi connectivity index (χ0) is 22.5. The van der Waals surface area contributed by atoms with Gasteiger partial charge in [-0.2, -0.15) is 0 Å². The van der Waals surface area contributed by atoms with E-state index in [-0.39, 0.29) is 19.0 Å². The van der Waals surface area contributed by atoms with Gasteiger partial charge in [0.25, 0.3) is 0 Å². The molecule has 1 aromatic rings. The first-order valence-electron chi connectivity index (χ1n) is 9.18. The van der Waals surface area contributed by atoms with Gasteiger partial charge in [-0.1, -0.05) is 24.0 Å². The number of hydrogen-bond donors (Lipinski definition) is 2. The van der Waals surface area contributed by atoms with Crippen LogP contribution in [0.2, 0.25) is 0 Å². The number of allylic oxidation sites excluding steroid dienone is 4. The van der Waals surface area contributed by atoms with E-state index in [1.54, 1.807) is 18.2 Å². The Balaban J connectivity index is 1.70. The van der Waals surface area contributed by atoms with E-state index in [1.165, 1.54) is 42.5 Å². The molecule has 1 aromatic carbocycles. The molecule has 164 valence electrons. The fraction of sp³-hybridized carbons (Fsp3) is 0.273. The molecule has 0 radical (unpaired) electrons. The quantitative estimate of drug-likeness (QED) is 0.329. The molecule has 2 N–H and O–H groups in total. The number of carboxylic acid groups (broad SMARTS) is 1. The summed E-state index contributed by atoms with van der Waals surface area (Å²) < 4.78 is 32.9. The standard InChI is InChI=1S/C22H21FO8/c23-16-9-11-18(12-10-16)29-13-17(24)7-5-3-1-2-4-6-8-19-20(31-22(27)30-19)14-28-15-21(25)26/h2,4-12,17,19-20,24H,13-15H2,(H,25,26)/t17-,19?,20?/m1/s1. The van der Waals surface area contributed by atoms with Crippen LogP contribution in [0.5, 0.6) is 5.75 Å². The van der Waals surface area contributed by atoms with E-state index in [4.69, 9.17) is 24.1 Å². The first-order valence-corrected chi connectivity index (χ1v) is 9.18. The number of carboxylic acids is 1. The molecule has 1 heterocycles. The predicted molar refractivity (Wildman–Crippen MR) is 107 cm³/mol. The third-order valence-corrected chi connectivity index (χ3v) is 3.66. The van der Waals surface area contributed by atoms with Crippen LogP contribution in [0.3, 0.4) is 0 Å². The summed E-state index contributed by atoms with van der Waals surface area (Å²) in [6.07, 6.45) is 6.07. The van der Waals surface area contributed by atoms with Crippen molar-refractivity contribution in [1.29, 1.82) is 0 Å². The van der Waals surface area contributed by atoms with Crippen LogP contribution in [0.1, 0.15) is 0 Å². The zero-order valence-electron chi connectivity index (χ0n) is 16.3. The van der Waals surface area contributed by atoms with Gasteiger partial charge in [-0.25, -0.2) is 14.0 Å². The van der Waals surface area contributed by atoms with E-state index in [2.05, 4.69) is 11.8 Å². The van der Waals surface area contributed by atoms with E-state index in [0.29, 0.717) is 5.75 Å². The Morgan fingerprint density at radius 2 is 1.94 bits per heavy atom. The summed E-state index contributed by atoms with van der Waals surface area (Å²) in [5, 5.41) is 18.3. The SMILES string of the molecule is O=C(O)COCC1OC(=O)OC1C=CC=CC#CC=C[C@@H](O)COc1ccc(F)cc1. The molecule has 1 aliphatic heterocycles. The highest BCUT2D eigenvalue weighted by atomic mass is 19.1. The Kier molecular flexibility index (Phi) is 9.81. The lowest BCUT2D eigenvalue weighted by atomic mass is 10.2. The number of aliphatic carboxylic acids is 1. The van der Waals surface area contributed by atoms with Crippen molar-refractivity contribution >= 4 is 12.1 Å². The molecule has 1 saturated heterocycles. The molecule has 0 amide bonds. The van der Waals surface area contributed by atoms with E-state index < -0.39 is 37.0 Å². The molecular formula is C22H21FO8. The van der Waals surface area contributed by atoms with Crippen molar-refractivity contribution in [2.24, 2.45) is 0 Å². The number of ether oxygens (including phenoxy) is 4. The summed E-state index contributed by atoms with van der Waals surface area (Å²) in [6.45, 7) is -0.600. The fourth-order valence-corrected chi connectivity index (χ4v) is 2.26. The van der Waals surface area contributed by atoms with E-state index in [0.717, 1.165) is 0 Å². The maximum absolute atomic E-state index is 12.8. The van der Waals surface area contributed by atoms with E-state index in [1.807, 2.05) is 0 Å². The van der Waals surface area contributed by atoms with Crippen LogP contribution >= 0.6 is 0 Å². The Morgan fingerprint density at radius 1 is 1.19 bits per heavy atom. The van der Waals surface area contributed by atoms with Gasteiger partial charge >= 0.3 is 12.1 Å². The fourth-order valence-electron chi connectivity index (χ4n) is 2.26. The summed E-state index contributed by atoms with van der Waals surface area (Å²) in [7, 11) is 0. The number of aliphatic hydroxyl groups is 1. The van der Waals surface area contributed by atoms with Gasteiger partial charge in [0.15, 0.2) is 12.2 Å². The molecule has 1 aliphatic rings. The number of aliphatic hydroxyl groups excluding tert-OH is 1. The van der Waals surface area contributed by atoms with Crippen LogP contribution in [0.25, 0.3) is 0 Å². The predicted octanol–water partition coefficient (Wildman–Crippen LogP) is 2.24. The molecule has 0 saturated carbocycles. The summed E-state index contributed by atoms with van der Waals surface area (Å²) in [4.78, 5) is 21.7. The van der Waals surface area contributed by atoms with Gasteiger partial charge in [-0.05, 0) is 48.6 Å². The maximum atomic E-state index is 12.8. The summed E-state index contributed by atoms with van der Waals surface area (Å²) >= 11 is 0. The van der Waals surface area contributed by atoms with Crippen LogP contribution in [-0.4, -0.2) is 60.5 Å². The van der Waals surface area contributed by atoms with Crippen LogP contribution in [0.4, 0.5) is 9.18 Å². The maximum Gasteiger partial charge on any atom is 0.509 e. The van der Waals surface area contributed by atoms with Crippen molar-refractivity contribution in [3.05, 3.63) is 66.5 Å². The zero-order valence-corrected chi connectivity index (χ0v) is 16.3. The minimum atomic E-state index is -1.12. The molecule has 0 bridgehead atoms. The van der Waals surface area contributed by atoms with Crippen LogP contribution in [-0.2, 0) is 19.0 Å². The Hall–Kier alpha value is -3.61. The minimum Gasteiger partial charge on any atom is -0.491 e. The van der Waals surface area contributed by atoms with Gasteiger partial charge in [-0.15, -0.1) is 0 Å². The Morgan fingerprint density at radius 3 is 2.68 bits per heavy atom. The van der Waals surface area contributed by atoms with Crippen molar-refractivity contribution < 1.29 is 43.1 Å². The topological polar surface area (TPSA) is 112 Å². The number of rotatable bonds is 10. The molecule has 3 atom stereocenters. The second-order valence-corrected chi connectivity index (χ2v) is 6.12. The van der Waals surface area contributed by atoms with E-state index in [9.17, 15) is 19.1 Å². The summed E-state index contributed by atoms with van der Waals surface area (Å²) in [5.74, 6) is 4.38. The molecule has 31 heavy (non-hydrogen) atoms. The second-order valence-electron chi connectivity index (χ2n) is 6.12.